The molecule has 0 heterocycles. The van der Waals surface area contributed by atoms with Gasteiger partial charge in [0.25, 0.3) is 0 Å². The van der Waals surface area contributed by atoms with E-state index in [4.69, 9.17) is 5.11 Å². The van der Waals surface area contributed by atoms with Crippen molar-refractivity contribution in [1.29, 1.82) is 0 Å². The van der Waals surface area contributed by atoms with Crippen LogP contribution in [0.4, 0.5) is 0 Å². The van der Waals surface area contributed by atoms with E-state index in [1.165, 1.54) is 6.42 Å². The monoisotopic (exact) mass is 125 g/mol. The molecule has 0 amide bonds. The van der Waals surface area contributed by atoms with Gasteiger partial charge in [-0.25, -0.2) is 0 Å². The van der Waals surface area contributed by atoms with Gasteiger partial charge in [-0.05, 0) is 26.2 Å². The number of hydrogen-bond acceptors (Lipinski definition) is 1. The van der Waals surface area contributed by atoms with Crippen molar-refractivity contribution >= 4 is 51.4 Å². The molecule has 1 rings (SSSR count). The summed E-state index contributed by atoms with van der Waals surface area (Å²) in [5.74, 6) is 0. The van der Waals surface area contributed by atoms with Gasteiger partial charge in [0, 0.05) is 51.4 Å². The van der Waals surface area contributed by atoms with Gasteiger partial charge in [0.15, 0.2) is 0 Å². The molecule has 0 aromatic carbocycles. The molecular formula is C5H10KO. The van der Waals surface area contributed by atoms with Gasteiger partial charge in [0.1, 0.15) is 0 Å². The Bertz CT molecular complexity index is 55.1. The summed E-state index contributed by atoms with van der Waals surface area (Å²) in [6, 6.07) is 0. The molecule has 0 aromatic heterocycles. The SMILES string of the molecule is CC1(O)CCC1.[K]. The van der Waals surface area contributed by atoms with Gasteiger partial charge >= 0.3 is 0 Å². The minimum absolute atomic E-state index is 0. The summed E-state index contributed by atoms with van der Waals surface area (Å²) < 4.78 is 0. The van der Waals surface area contributed by atoms with Crippen LogP contribution in [0.1, 0.15) is 26.2 Å². The van der Waals surface area contributed by atoms with Crippen molar-refractivity contribution < 1.29 is 5.11 Å². The maximum Gasteiger partial charge on any atom is 0.0619 e. The Hall–Kier alpha value is 1.60. The van der Waals surface area contributed by atoms with Gasteiger partial charge in [-0.2, -0.15) is 0 Å². The van der Waals surface area contributed by atoms with Crippen molar-refractivity contribution in [2.45, 2.75) is 31.8 Å². The summed E-state index contributed by atoms with van der Waals surface area (Å²) in [7, 11) is 0. The van der Waals surface area contributed by atoms with Gasteiger partial charge in [0.05, 0.1) is 5.60 Å². The molecular weight excluding hydrogens is 115 g/mol. The molecule has 1 saturated carbocycles. The van der Waals surface area contributed by atoms with E-state index in [-0.39, 0.29) is 57.0 Å². The van der Waals surface area contributed by atoms with Crippen LogP contribution in [-0.2, 0) is 0 Å². The molecule has 1 nitrogen and oxygen atoms in total. The summed E-state index contributed by atoms with van der Waals surface area (Å²) in [5.41, 5.74) is -0.278. The fraction of sp³-hybridized carbons (Fsp3) is 1.00. The third-order valence-corrected chi connectivity index (χ3v) is 1.43. The second-order valence-corrected chi connectivity index (χ2v) is 2.35. The van der Waals surface area contributed by atoms with Crippen LogP contribution in [0, 0.1) is 0 Å². The minimum atomic E-state index is -0.278. The molecule has 1 fully saturated rings. The van der Waals surface area contributed by atoms with E-state index in [2.05, 4.69) is 0 Å². The van der Waals surface area contributed by atoms with Gasteiger partial charge in [-0.1, -0.05) is 0 Å². The minimum Gasteiger partial charge on any atom is -0.390 e. The Labute approximate surface area is 86.9 Å². The van der Waals surface area contributed by atoms with E-state index in [1.807, 2.05) is 6.92 Å². The maximum atomic E-state index is 8.91. The van der Waals surface area contributed by atoms with Crippen molar-refractivity contribution in [1.82, 2.24) is 0 Å². The number of aliphatic hydroxyl groups is 1. The summed E-state index contributed by atoms with van der Waals surface area (Å²) in [4.78, 5) is 0. The molecule has 7 heavy (non-hydrogen) atoms. The third kappa shape index (κ3) is 2.58. The molecule has 0 aliphatic heterocycles. The van der Waals surface area contributed by atoms with E-state index in [1.54, 1.807) is 0 Å². The normalized spacial score (nSPS) is 24.9. The Morgan fingerprint density at radius 2 is 1.71 bits per heavy atom. The van der Waals surface area contributed by atoms with Crippen LogP contribution < -0.4 is 0 Å². The standard InChI is InChI=1S/C5H10O.K/c1-5(6)3-2-4-5;/h6H,2-4H2,1H3;. The Morgan fingerprint density at radius 1 is 1.43 bits per heavy atom. The van der Waals surface area contributed by atoms with Crippen molar-refractivity contribution in [2.75, 3.05) is 0 Å². The molecule has 0 spiro atoms. The van der Waals surface area contributed by atoms with Crippen LogP contribution >= 0.6 is 0 Å². The molecule has 0 saturated heterocycles. The van der Waals surface area contributed by atoms with Crippen molar-refractivity contribution in [2.24, 2.45) is 0 Å². The number of hydrogen-bond donors (Lipinski definition) is 1. The van der Waals surface area contributed by atoms with E-state index in [9.17, 15) is 0 Å². The summed E-state index contributed by atoms with van der Waals surface area (Å²) in [6.45, 7) is 1.89. The van der Waals surface area contributed by atoms with Gasteiger partial charge in [0.2, 0.25) is 0 Å². The molecule has 0 atom stereocenters. The van der Waals surface area contributed by atoms with E-state index in [0.29, 0.717) is 0 Å². The zero-order valence-corrected chi connectivity index (χ0v) is 8.19. The second kappa shape index (κ2) is 2.94. The van der Waals surface area contributed by atoms with Gasteiger partial charge in [-0.15, -0.1) is 0 Å². The molecule has 1 N–H and O–H groups in total. The molecule has 0 unspecified atom stereocenters. The second-order valence-electron chi connectivity index (χ2n) is 2.35. The molecule has 1 aliphatic carbocycles. The van der Waals surface area contributed by atoms with Crippen LogP contribution in [0.3, 0.4) is 0 Å². The predicted molar refractivity (Wildman–Crippen MR) is 30.2 cm³/mol. The van der Waals surface area contributed by atoms with Crippen LogP contribution in [-0.4, -0.2) is 62.1 Å². The zero-order valence-electron chi connectivity index (χ0n) is 5.07. The fourth-order valence-electron chi connectivity index (χ4n) is 0.688. The molecule has 2 heteroatoms. The fourth-order valence-corrected chi connectivity index (χ4v) is 0.688. The van der Waals surface area contributed by atoms with Crippen LogP contribution in [0.15, 0.2) is 0 Å². The Morgan fingerprint density at radius 3 is 1.71 bits per heavy atom. The first kappa shape index (κ1) is 8.60. The molecule has 37 valence electrons. The van der Waals surface area contributed by atoms with Crippen LogP contribution in [0.5, 0.6) is 0 Å². The summed E-state index contributed by atoms with van der Waals surface area (Å²) >= 11 is 0. The van der Waals surface area contributed by atoms with E-state index < -0.39 is 0 Å². The van der Waals surface area contributed by atoms with Gasteiger partial charge in [-0.3, -0.25) is 0 Å². The quantitative estimate of drug-likeness (QED) is 0.468. The predicted octanol–water partition coefficient (Wildman–Crippen LogP) is 0.540. The first-order valence-corrected chi connectivity index (χ1v) is 2.43. The third-order valence-electron chi connectivity index (χ3n) is 1.43. The zero-order chi connectivity index (χ0) is 4.62. The molecule has 0 bridgehead atoms. The molecule has 1 radical (unpaired) electrons. The average Bonchev–Trinajstić information content (AvgIpc) is 1.32. The molecule has 1 aliphatic rings. The van der Waals surface area contributed by atoms with Gasteiger partial charge < -0.3 is 5.11 Å². The van der Waals surface area contributed by atoms with Crippen LogP contribution in [0.2, 0.25) is 0 Å². The topological polar surface area (TPSA) is 20.2 Å². The van der Waals surface area contributed by atoms with Crippen molar-refractivity contribution in [3.8, 4) is 0 Å². The largest absolute Gasteiger partial charge is 0.390 e. The van der Waals surface area contributed by atoms with Crippen molar-refractivity contribution in [3.05, 3.63) is 0 Å². The Kier molecular flexibility index (Phi) is 3.62. The first-order chi connectivity index (χ1) is 2.71. The summed E-state index contributed by atoms with van der Waals surface area (Å²) in [5, 5.41) is 8.91. The Balaban J connectivity index is 0.000000360. The molecule has 0 aromatic rings. The smallest absolute Gasteiger partial charge is 0.0619 e. The van der Waals surface area contributed by atoms with E-state index in [0.717, 1.165) is 12.8 Å². The van der Waals surface area contributed by atoms with Crippen molar-refractivity contribution in [3.63, 3.8) is 0 Å². The van der Waals surface area contributed by atoms with E-state index >= 15 is 0 Å². The summed E-state index contributed by atoms with van der Waals surface area (Å²) in [6.07, 6.45) is 3.23. The number of rotatable bonds is 0. The maximum absolute atomic E-state index is 8.91. The first-order valence-electron chi connectivity index (χ1n) is 2.43. The van der Waals surface area contributed by atoms with Crippen LogP contribution in [0.25, 0.3) is 0 Å². The average molecular weight is 125 g/mol.